The first-order chi connectivity index (χ1) is 13.6. The van der Waals surface area contributed by atoms with Crippen LogP contribution in [0, 0.1) is 0 Å². The van der Waals surface area contributed by atoms with E-state index in [1.807, 2.05) is 42.5 Å². The van der Waals surface area contributed by atoms with Crippen LogP contribution in [0.15, 0.2) is 47.4 Å². The summed E-state index contributed by atoms with van der Waals surface area (Å²) in [6.07, 6.45) is 3.77. The molecule has 3 aromatic rings. The van der Waals surface area contributed by atoms with Crippen molar-refractivity contribution in [2.24, 2.45) is 0 Å². The molecule has 28 heavy (non-hydrogen) atoms. The maximum Gasteiger partial charge on any atom is 0.246 e. The van der Waals surface area contributed by atoms with Gasteiger partial charge in [-0.2, -0.15) is 4.31 Å². The van der Waals surface area contributed by atoms with Crippen LogP contribution in [0.4, 0.5) is 0 Å². The van der Waals surface area contributed by atoms with Gasteiger partial charge in [0.2, 0.25) is 10.0 Å². The van der Waals surface area contributed by atoms with Crippen LogP contribution in [0.5, 0.6) is 5.75 Å². The van der Waals surface area contributed by atoms with E-state index < -0.39 is 10.0 Å². The SMILES string of the molecule is COc1ccc(/C=C/c2nc3ccccc3s2)cc1S(=O)(=O)N1CCOCC1. The number of nitrogens with zero attached hydrogens (tertiary/aromatic N) is 2. The van der Waals surface area contributed by atoms with Crippen LogP contribution < -0.4 is 4.74 Å². The Labute approximate surface area is 168 Å². The monoisotopic (exact) mass is 416 g/mol. The normalized spacial score (nSPS) is 16.0. The number of sulfonamides is 1. The second kappa shape index (κ2) is 8.00. The van der Waals surface area contributed by atoms with E-state index >= 15 is 0 Å². The fraction of sp³-hybridized carbons (Fsp3) is 0.250. The lowest BCUT2D eigenvalue weighted by Crippen LogP contribution is -2.40. The maximum absolute atomic E-state index is 13.1. The predicted octanol–water partition coefficient (Wildman–Crippen LogP) is 3.50. The highest BCUT2D eigenvalue weighted by Gasteiger charge is 2.29. The molecule has 1 aromatic heterocycles. The third-order valence-corrected chi connectivity index (χ3v) is 7.43. The van der Waals surface area contributed by atoms with Gasteiger partial charge in [0.25, 0.3) is 0 Å². The highest BCUT2D eigenvalue weighted by Crippen LogP contribution is 2.29. The molecule has 4 rings (SSSR count). The van der Waals surface area contributed by atoms with E-state index in [4.69, 9.17) is 9.47 Å². The Hall–Kier alpha value is -2.26. The summed E-state index contributed by atoms with van der Waals surface area (Å²) in [4.78, 5) is 4.74. The van der Waals surface area contributed by atoms with Crippen molar-refractivity contribution in [3.05, 3.63) is 53.0 Å². The molecule has 2 heterocycles. The highest BCUT2D eigenvalue weighted by molar-refractivity contribution is 7.89. The zero-order valence-corrected chi connectivity index (χ0v) is 17.0. The van der Waals surface area contributed by atoms with E-state index in [0.717, 1.165) is 20.8 Å². The van der Waals surface area contributed by atoms with Gasteiger partial charge in [-0.1, -0.05) is 24.3 Å². The molecule has 146 valence electrons. The number of hydrogen-bond acceptors (Lipinski definition) is 6. The van der Waals surface area contributed by atoms with Gasteiger partial charge >= 0.3 is 0 Å². The lowest BCUT2D eigenvalue weighted by atomic mass is 10.2. The summed E-state index contributed by atoms with van der Waals surface area (Å²) in [5, 5.41) is 0.870. The molecule has 1 aliphatic heterocycles. The van der Waals surface area contributed by atoms with Gasteiger partial charge < -0.3 is 9.47 Å². The summed E-state index contributed by atoms with van der Waals surface area (Å²) >= 11 is 1.59. The number of fused-ring (bicyclic) bond motifs is 1. The molecule has 6 nitrogen and oxygen atoms in total. The third kappa shape index (κ3) is 3.81. The number of hydrogen-bond donors (Lipinski definition) is 0. The quantitative estimate of drug-likeness (QED) is 0.637. The Kier molecular flexibility index (Phi) is 5.45. The summed E-state index contributed by atoms with van der Waals surface area (Å²) in [7, 11) is -2.17. The minimum atomic E-state index is -3.65. The fourth-order valence-corrected chi connectivity index (χ4v) is 5.52. The van der Waals surface area contributed by atoms with Crippen molar-refractivity contribution < 1.29 is 17.9 Å². The number of methoxy groups -OCH3 is 1. The molecule has 0 atom stereocenters. The topological polar surface area (TPSA) is 68.7 Å². The first kappa shape index (κ1) is 19.1. The molecule has 0 spiro atoms. The number of benzene rings is 2. The van der Waals surface area contributed by atoms with E-state index in [2.05, 4.69) is 4.98 Å². The van der Waals surface area contributed by atoms with Gasteiger partial charge in [-0.25, -0.2) is 13.4 Å². The van der Waals surface area contributed by atoms with E-state index in [1.54, 1.807) is 23.5 Å². The van der Waals surface area contributed by atoms with Gasteiger partial charge in [0.05, 0.1) is 30.5 Å². The van der Waals surface area contributed by atoms with E-state index in [-0.39, 0.29) is 4.90 Å². The lowest BCUT2D eigenvalue weighted by molar-refractivity contribution is 0.0729. The number of morpholine rings is 1. The lowest BCUT2D eigenvalue weighted by Gasteiger charge is -2.26. The number of ether oxygens (including phenoxy) is 2. The van der Waals surface area contributed by atoms with E-state index in [9.17, 15) is 8.42 Å². The molecule has 1 saturated heterocycles. The summed E-state index contributed by atoms with van der Waals surface area (Å²) in [6.45, 7) is 1.49. The average Bonchev–Trinajstić information content (AvgIpc) is 3.15. The first-order valence-corrected chi connectivity index (χ1v) is 11.1. The van der Waals surface area contributed by atoms with Gasteiger partial charge in [-0.05, 0) is 35.9 Å². The van der Waals surface area contributed by atoms with Crippen molar-refractivity contribution in [3.63, 3.8) is 0 Å². The zero-order valence-electron chi connectivity index (χ0n) is 15.4. The van der Waals surface area contributed by atoms with Crippen LogP contribution in [0.25, 0.3) is 22.4 Å². The molecular weight excluding hydrogens is 396 g/mol. The standard InChI is InChI=1S/C20H20N2O4S2/c1-25-17-8-6-15(7-9-20-21-16-4-2-3-5-18(16)27-20)14-19(17)28(23,24)22-10-12-26-13-11-22/h2-9,14H,10-13H2,1H3/b9-7+. The first-order valence-electron chi connectivity index (χ1n) is 8.87. The molecule has 0 N–H and O–H groups in total. The fourth-order valence-electron chi connectivity index (χ4n) is 3.05. The maximum atomic E-state index is 13.1. The Morgan fingerprint density at radius 3 is 2.68 bits per heavy atom. The van der Waals surface area contributed by atoms with Crippen molar-refractivity contribution in [2.75, 3.05) is 33.4 Å². The van der Waals surface area contributed by atoms with E-state index in [1.165, 1.54) is 11.4 Å². The molecule has 0 unspecified atom stereocenters. The minimum Gasteiger partial charge on any atom is -0.495 e. The van der Waals surface area contributed by atoms with Crippen LogP contribution in [-0.2, 0) is 14.8 Å². The highest BCUT2D eigenvalue weighted by atomic mass is 32.2. The van der Waals surface area contributed by atoms with Gasteiger partial charge in [0.1, 0.15) is 15.7 Å². The summed E-state index contributed by atoms with van der Waals surface area (Å²) in [5.41, 5.74) is 1.73. The smallest absolute Gasteiger partial charge is 0.246 e. The number of rotatable bonds is 5. The Morgan fingerprint density at radius 1 is 1.14 bits per heavy atom. The largest absolute Gasteiger partial charge is 0.495 e. The van der Waals surface area contributed by atoms with Gasteiger partial charge in [0.15, 0.2) is 0 Å². The molecular formula is C20H20N2O4S2. The average molecular weight is 417 g/mol. The Balaban J connectivity index is 1.66. The zero-order chi connectivity index (χ0) is 19.6. The van der Waals surface area contributed by atoms with Crippen LogP contribution in [0.2, 0.25) is 0 Å². The number of para-hydroxylation sites is 1. The molecule has 0 radical (unpaired) electrons. The molecule has 0 aliphatic carbocycles. The van der Waals surface area contributed by atoms with Crippen molar-refractivity contribution in [1.29, 1.82) is 0 Å². The van der Waals surface area contributed by atoms with Gasteiger partial charge in [-0.3, -0.25) is 0 Å². The predicted molar refractivity (Wildman–Crippen MR) is 111 cm³/mol. The molecule has 8 heteroatoms. The molecule has 0 amide bonds. The van der Waals surface area contributed by atoms with Crippen molar-refractivity contribution in [2.45, 2.75) is 4.90 Å². The van der Waals surface area contributed by atoms with Crippen molar-refractivity contribution in [3.8, 4) is 5.75 Å². The second-order valence-corrected chi connectivity index (χ2v) is 9.25. The molecule has 0 saturated carbocycles. The van der Waals surface area contributed by atoms with Gasteiger partial charge in [-0.15, -0.1) is 11.3 Å². The number of aromatic nitrogens is 1. The van der Waals surface area contributed by atoms with Crippen LogP contribution in [0.1, 0.15) is 10.6 Å². The molecule has 0 bridgehead atoms. The van der Waals surface area contributed by atoms with Gasteiger partial charge in [0, 0.05) is 13.1 Å². The molecule has 1 aliphatic rings. The summed E-state index contributed by atoms with van der Waals surface area (Å²) in [6, 6.07) is 13.1. The number of thiazole rings is 1. The minimum absolute atomic E-state index is 0.170. The van der Waals surface area contributed by atoms with Crippen LogP contribution in [0.3, 0.4) is 0 Å². The Bertz CT molecular complexity index is 1080. The van der Waals surface area contributed by atoms with Crippen LogP contribution in [-0.4, -0.2) is 51.1 Å². The summed E-state index contributed by atoms with van der Waals surface area (Å²) < 4.78 is 39.3. The third-order valence-electron chi connectivity index (χ3n) is 4.50. The van der Waals surface area contributed by atoms with Crippen LogP contribution >= 0.6 is 11.3 Å². The molecule has 1 fully saturated rings. The van der Waals surface area contributed by atoms with Crippen molar-refractivity contribution >= 4 is 43.7 Å². The second-order valence-electron chi connectivity index (χ2n) is 6.28. The van der Waals surface area contributed by atoms with Crippen molar-refractivity contribution in [1.82, 2.24) is 9.29 Å². The summed E-state index contributed by atoms with van der Waals surface area (Å²) in [5.74, 6) is 0.337. The molecule has 2 aromatic carbocycles. The Morgan fingerprint density at radius 2 is 1.93 bits per heavy atom. The van der Waals surface area contributed by atoms with E-state index in [0.29, 0.717) is 32.1 Å².